The first-order chi connectivity index (χ1) is 9.37. The van der Waals surface area contributed by atoms with E-state index in [-0.39, 0.29) is 18.0 Å². The van der Waals surface area contributed by atoms with E-state index < -0.39 is 26.7 Å². The summed E-state index contributed by atoms with van der Waals surface area (Å²) in [6.07, 6.45) is 1.18. The molecule has 0 radical (unpaired) electrons. The number of nitro benzene ring substituents is 1. The average molecular weight is 365 g/mol. The Bertz CT molecular complexity index is 634. The van der Waals surface area contributed by atoms with E-state index in [4.69, 9.17) is 0 Å². The third-order valence-corrected chi connectivity index (χ3v) is 5.71. The molecule has 0 bridgehead atoms. The predicted octanol–water partition coefficient (Wildman–Crippen LogP) is 1.50. The summed E-state index contributed by atoms with van der Waals surface area (Å²) in [5.41, 5.74) is -0.461. The fourth-order valence-electron chi connectivity index (χ4n) is 2.28. The predicted molar refractivity (Wildman–Crippen MR) is 74.8 cm³/mol. The lowest BCUT2D eigenvalue weighted by Crippen LogP contribution is -2.37. The fraction of sp³-hybridized carbons (Fsp3) is 0.455. The van der Waals surface area contributed by atoms with Gasteiger partial charge in [-0.2, -0.15) is 4.31 Å². The molecule has 1 aliphatic rings. The Morgan fingerprint density at radius 2 is 2.20 bits per heavy atom. The maximum Gasteiger partial charge on any atom is 0.289 e. The van der Waals surface area contributed by atoms with Crippen molar-refractivity contribution in [2.45, 2.75) is 23.8 Å². The molecule has 0 aliphatic carbocycles. The van der Waals surface area contributed by atoms with Gasteiger partial charge in [-0.3, -0.25) is 10.1 Å². The molecular formula is C11H13BrN2O5S. The molecule has 0 spiro atoms. The van der Waals surface area contributed by atoms with Crippen LogP contribution in [0.1, 0.15) is 12.8 Å². The van der Waals surface area contributed by atoms with Gasteiger partial charge in [0.15, 0.2) is 4.90 Å². The number of rotatable bonds is 4. The monoisotopic (exact) mass is 364 g/mol. The van der Waals surface area contributed by atoms with E-state index in [0.717, 1.165) is 10.4 Å². The Balaban J connectivity index is 2.54. The molecule has 110 valence electrons. The van der Waals surface area contributed by atoms with Crippen LogP contribution in [-0.4, -0.2) is 41.9 Å². The number of aliphatic hydroxyl groups excluding tert-OH is 1. The molecule has 9 heteroatoms. The zero-order chi connectivity index (χ0) is 14.9. The van der Waals surface area contributed by atoms with Crippen LogP contribution >= 0.6 is 15.9 Å². The van der Waals surface area contributed by atoms with E-state index >= 15 is 0 Å². The van der Waals surface area contributed by atoms with Crippen molar-refractivity contribution < 1.29 is 18.4 Å². The molecule has 20 heavy (non-hydrogen) atoms. The van der Waals surface area contributed by atoms with Crippen molar-refractivity contribution >= 4 is 31.6 Å². The molecule has 0 amide bonds. The average Bonchev–Trinajstić information content (AvgIpc) is 2.87. The summed E-state index contributed by atoms with van der Waals surface area (Å²) < 4.78 is 26.7. The maximum absolute atomic E-state index is 12.6. The van der Waals surface area contributed by atoms with E-state index in [1.165, 1.54) is 12.1 Å². The molecule has 1 fully saturated rings. The van der Waals surface area contributed by atoms with E-state index in [1.54, 1.807) is 0 Å². The summed E-state index contributed by atoms with van der Waals surface area (Å²) in [5.74, 6) is 0. The Kier molecular flexibility index (Phi) is 4.43. The summed E-state index contributed by atoms with van der Waals surface area (Å²) in [6.45, 7) is -0.0295. The molecular weight excluding hydrogens is 352 g/mol. The number of hydrogen-bond acceptors (Lipinski definition) is 5. The molecule has 1 heterocycles. The topological polar surface area (TPSA) is 101 Å². The lowest BCUT2D eigenvalue weighted by Gasteiger charge is -2.22. The van der Waals surface area contributed by atoms with E-state index in [9.17, 15) is 23.6 Å². The van der Waals surface area contributed by atoms with Crippen LogP contribution in [0, 0.1) is 10.1 Å². The third kappa shape index (κ3) is 2.71. The second-order valence-electron chi connectivity index (χ2n) is 4.46. The molecule has 0 unspecified atom stereocenters. The Labute approximate surface area is 124 Å². The van der Waals surface area contributed by atoms with Crippen LogP contribution in [0.5, 0.6) is 0 Å². The summed E-state index contributed by atoms with van der Waals surface area (Å²) in [7, 11) is -4.00. The minimum Gasteiger partial charge on any atom is -0.395 e. The van der Waals surface area contributed by atoms with Crippen molar-refractivity contribution in [1.29, 1.82) is 0 Å². The van der Waals surface area contributed by atoms with Gasteiger partial charge >= 0.3 is 0 Å². The summed E-state index contributed by atoms with van der Waals surface area (Å²) in [6, 6.07) is 3.28. The first kappa shape index (κ1) is 15.4. The molecule has 1 saturated heterocycles. The van der Waals surface area contributed by atoms with Crippen LogP contribution < -0.4 is 0 Å². The van der Waals surface area contributed by atoms with Crippen molar-refractivity contribution in [3.63, 3.8) is 0 Å². The van der Waals surface area contributed by atoms with Gasteiger partial charge in [0.05, 0.1) is 11.5 Å². The molecule has 1 aliphatic heterocycles. The minimum atomic E-state index is -4.00. The normalized spacial score (nSPS) is 20.2. The number of benzene rings is 1. The molecule has 1 N–H and O–H groups in total. The zero-order valence-corrected chi connectivity index (χ0v) is 12.8. The van der Waals surface area contributed by atoms with Crippen molar-refractivity contribution in [2.75, 3.05) is 13.2 Å². The highest BCUT2D eigenvalue weighted by molar-refractivity contribution is 9.10. The Hall–Kier alpha value is -1.03. The van der Waals surface area contributed by atoms with E-state index in [1.807, 2.05) is 0 Å². The molecule has 0 saturated carbocycles. The SMILES string of the molecule is O=[N+]([O-])c1ccc(Br)cc1S(=O)(=O)N1CCC[C@@H]1CO. The number of halogens is 1. The highest BCUT2D eigenvalue weighted by Gasteiger charge is 2.38. The van der Waals surface area contributed by atoms with Crippen LogP contribution in [0.4, 0.5) is 5.69 Å². The van der Waals surface area contributed by atoms with Crippen molar-refractivity contribution in [3.05, 3.63) is 32.8 Å². The first-order valence-corrected chi connectivity index (χ1v) is 8.18. The van der Waals surface area contributed by atoms with E-state index in [0.29, 0.717) is 17.3 Å². The highest BCUT2D eigenvalue weighted by atomic mass is 79.9. The summed E-state index contributed by atoms with van der Waals surface area (Å²) in [4.78, 5) is 9.93. The van der Waals surface area contributed by atoms with Gasteiger partial charge in [-0.25, -0.2) is 8.42 Å². The van der Waals surface area contributed by atoms with Gasteiger partial charge in [-0.05, 0) is 25.0 Å². The van der Waals surface area contributed by atoms with Gasteiger partial charge < -0.3 is 5.11 Å². The van der Waals surface area contributed by atoms with Gasteiger partial charge in [-0.15, -0.1) is 0 Å². The van der Waals surface area contributed by atoms with Crippen LogP contribution in [0.3, 0.4) is 0 Å². The third-order valence-electron chi connectivity index (χ3n) is 3.24. The van der Waals surface area contributed by atoms with Crippen LogP contribution in [0.25, 0.3) is 0 Å². The van der Waals surface area contributed by atoms with Crippen molar-refractivity contribution in [1.82, 2.24) is 4.31 Å². The molecule has 1 aromatic carbocycles. The molecule has 0 aromatic heterocycles. The van der Waals surface area contributed by atoms with Crippen LogP contribution in [-0.2, 0) is 10.0 Å². The van der Waals surface area contributed by atoms with Crippen LogP contribution in [0.15, 0.2) is 27.6 Å². The first-order valence-electron chi connectivity index (χ1n) is 5.94. The van der Waals surface area contributed by atoms with Gasteiger partial charge in [0, 0.05) is 23.1 Å². The highest BCUT2D eigenvalue weighted by Crippen LogP contribution is 2.33. The van der Waals surface area contributed by atoms with E-state index in [2.05, 4.69) is 15.9 Å². The lowest BCUT2D eigenvalue weighted by molar-refractivity contribution is -0.387. The standard InChI is InChI=1S/C11H13BrN2O5S/c12-8-3-4-10(14(16)17)11(6-8)20(18,19)13-5-1-2-9(13)7-15/h3-4,6,9,15H,1-2,5,7H2/t9-/m1/s1. The van der Waals surface area contributed by atoms with Crippen molar-refractivity contribution in [3.8, 4) is 0 Å². The number of nitrogens with zero attached hydrogens (tertiary/aromatic N) is 2. The number of hydrogen-bond donors (Lipinski definition) is 1. The van der Waals surface area contributed by atoms with Crippen LogP contribution in [0.2, 0.25) is 0 Å². The number of nitro groups is 1. The maximum atomic E-state index is 12.6. The smallest absolute Gasteiger partial charge is 0.289 e. The van der Waals surface area contributed by atoms with Gasteiger partial charge in [0.1, 0.15) is 0 Å². The zero-order valence-electron chi connectivity index (χ0n) is 10.4. The largest absolute Gasteiger partial charge is 0.395 e. The number of sulfonamides is 1. The quantitative estimate of drug-likeness (QED) is 0.644. The second-order valence-corrected chi connectivity index (χ2v) is 7.24. The fourth-order valence-corrected chi connectivity index (χ4v) is 4.66. The Morgan fingerprint density at radius 3 is 2.80 bits per heavy atom. The van der Waals surface area contributed by atoms with Gasteiger partial charge in [0.2, 0.25) is 10.0 Å². The number of aliphatic hydroxyl groups is 1. The Morgan fingerprint density at radius 1 is 1.50 bits per heavy atom. The summed E-state index contributed by atoms with van der Waals surface area (Å²) in [5, 5.41) is 20.2. The van der Waals surface area contributed by atoms with Crippen molar-refractivity contribution in [2.24, 2.45) is 0 Å². The van der Waals surface area contributed by atoms with Gasteiger partial charge in [-0.1, -0.05) is 15.9 Å². The molecule has 2 rings (SSSR count). The summed E-state index contributed by atoms with van der Waals surface area (Å²) >= 11 is 3.12. The minimum absolute atomic E-state index is 0.261. The van der Waals surface area contributed by atoms with Gasteiger partial charge in [0.25, 0.3) is 5.69 Å². The molecule has 1 atom stereocenters. The molecule has 7 nitrogen and oxygen atoms in total. The molecule has 1 aromatic rings. The lowest BCUT2D eigenvalue weighted by atomic mass is 10.2. The second kappa shape index (κ2) is 5.76.